The molecule has 1 aliphatic heterocycles. The van der Waals surface area contributed by atoms with Crippen molar-refractivity contribution in [2.75, 3.05) is 12.1 Å². The van der Waals surface area contributed by atoms with Crippen molar-refractivity contribution in [1.29, 1.82) is 0 Å². The molecule has 0 fully saturated rings. The first kappa shape index (κ1) is 20.9. The second kappa shape index (κ2) is 7.55. The van der Waals surface area contributed by atoms with E-state index in [1.54, 1.807) is 0 Å². The molecule has 0 saturated carbocycles. The average Bonchev–Trinajstić information content (AvgIpc) is 3.56. The molecule has 7 heteroatoms. The third-order valence-electron chi connectivity index (χ3n) is 6.93. The first-order chi connectivity index (χ1) is 17.5. The Labute approximate surface area is 208 Å². The molecule has 7 rings (SSSR count). The summed E-state index contributed by atoms with van der Waals surface area (Å²) < 4.78 is 13.4. The molecule has 0 bridgehead atoms. The van der Waals surface area contributed by atoms with E-state index in [2.05, 4.69) is 96.2 Å². The van der Waals surface area contributed by atoms with Crippen LogP contribution >= 0.6 is 0 Å². The number of hydrogen-bond acceptors (Lipinski definition) is 6. The molecule has 6 aromatic rings. The fourth-order valence-electron chi connectivity index (χ4n) is 5.36. The zero-order valence-corrected chi connectivity index (χ0v) is 20.3. The van der Waals surface area contributed by atoms with Gasteiger partial charge in [0.15, 0.2) is 17.3 Å². The Balaban J connectivity index is 1.53. The van der Waals surface area contributed by atoms with Crippen molar-refractivity contribution >= 4 is 38.0 Å². The predicted octanol–water partition coefficient (Wildman–Crippen LogP) is 6.26. The highest BCUT2D eigenvalue weighted by atomic mass is 16.7. The van der Waals surface area contributed by atoms with E-state index in [0.717, 1.165) is 22.8 Å². The summed E-state index contributed by atoms with van der Waals surface area (Å²) in [7, 11) is 0. The highest BCUT2D eigenvalue weighted by Gasteiger charge is 2.30. The molecule has 0 radical (unpaired) electrons. The standard InChI is InChI=1S/C29H25N5O2/c1-29(2,3)34-28(31-32-33-34)26(30-22-11-6-12-23-27(22)36-16-35-23)21-15-19-9-4-7-17-13-14-18-8-5-10-20(21)25(18)24(17)19/h4-15,26,30H,16H2,1-3H3. The molecule has 1 unspecified atom stereocenters. The lowest BCUT2D eigenvalue weighted by atomic mass is 9.88. The number of aromatic nitrogens is 4. The zero-order valence-electron chi connectivity index (χ0n) is 20.3. The van der Waals surface area contributed by atoms with Gasteiger partial charge in [-0.1, -0.05) is 54.6 Å². The number of nitrogens with one attached hydrogen (secondary N) is 1. The molecule has 1 atom stereocenters. The van der Waals surface area contributed by atoms with E-state index >= 15 is 0 Å². The fraction of sp³-hybridized carbons (Fsp3) is 0.207. The van der Waals surface area contributed by atoms with Crippen molar-refractivity contribution < 1.29 is 9.47 Å². The summed E-state index contributed by atoms with van der Waals surface area (Å²) in [5.74, 6) is 2.16. The number of anilines is 1. The van der Waals surface area contributed by atoms with Gasteiger partial charge < -0.3 is 14.8 Å². The molecule has 5 aromatic carbocycles. The van der Waals surface area contributed by atoms with E-state index in [4.69, 9.17) is 9.47 Å². The van der Waals surface area contributed by atoms with Crippen molar-refractivity contribution in [2.45, 2.75) is 32.4 Å². The molecule has 0 spiro atoms. The van der Waals surface area contributed by atoms with Gasteiger partial charge in [0.05, 0.1) is 11.2 Å². The molecule has 178 valence electrons. The van der Waals surface area contributed by atoms with Gasteiger partial charge in [-0.3, -0.25) is 0 Å². The van der Waals surface area contributed by atoms with Crippen LogP contribution in [0.15, 0.2) is 72.8 Å². The van der Waals surface area contributed by atoms with Gasteiger partial charge in [-0.25, -0.2) is 4.68 Å². The maximum atomic E-state index is 5.83. The molecule has 0 saturated heterocycles. The molecular weight excluding hydrogens is 450 g/mol. The maximum absolute atomic E-state index is 5.83. The predicted molar refractivity (Wildman–Crippen MR) is 141 cm³/mol. The number of rotatable bonds is 4. The minimum Gasteiger partial charge on any atom is -0.454 e. The van der Waals surface area contributed by atoms with Crippen molar-refractivity contribution in [3.05, 3.63) is 84.2 Å². The molecule has 2 heterocycles. The maximum Gasteiger partial charge on any atom is 0.231 e. The Morgan fingerprint density at radius 1 is 0.861 bits per heavy atom. The molecule has 1 aromatic heterocycles. The van der Waals surface area contributed by atoms with Crippen molar-refractivity contribution in [3.63, 3.8) is 0 Å². The third kappa shape index (κ3) is 3.09. The average molecular weight is 476 g/mol. The molecular formula is C29H25N5O2. The lowest BCUT2D eigenvalue weighted by Gasteiger charge is -2.27. The minimum absolute atomic E-state index is 0.204. The summed E-state index contributed by atoms with van der Waals surface area (Å²) in [5.41, 5.74) is 1.63. The second-order valence-electron chi connectivity index (χ2n) is 10.3. The van der Waals surface area contributed by atoms with Crippen LogP contribution in [-0.2, 0) is 5.54 Å². The highest BCUT2D eigenvalue weighted by Crippen LogP contribution is 2.44. The van der Waals surface area contributed by atoms with E-state index in [9.17, 15) is 0 Å². The minimum atomic E-state index is -0.343. The first-order valence-electron chi connectivity index (χ1n) is 12.1. The number of nitrogens with zero attached hydrogens (tertiary/aromatic N) is 4. The van der Waals surface area contributed by atoms with Gasteiger partial charge in [-0.15, -0.1) is 5.10 Å². The van der Waals surface area contributed by atoms with Crippen molar-refractivity contribution in [1.82, 2.24) is 20.2 Å². The van der Waals surface area contributed by atoms with E-state index in [-0.39, 0.29) is 18.4 Å². The lowest BCUT2D eigenvalue weighted by molar-refractivity contribution is 0.174. The van der Waals surface area contributed by atoms with Crippen LogP contribution in [0.4, 0.5) is 5.69 Å². The van der Waals surface area contributed by atoms with Gasteiger partial charge in [0.25, 0.3) is 0 Å². The summed E-state index contributed by atoms with van der Waals surface area (Å²) in [6.07, 6.45) is 0. The van der Waals surface area contributed by atoms with E-state index in [1.165, 1.54) is 32.3 Å². The Bertz CT molecular complexity index is 1750. The molecule has 7 nitrogen and oxygen atoms in total. The Morgan fingerprint density at radius 2 is 1.61 bits per heavy atom. The Morgan fingerprint density at radius 3 is 2.44 bits per heavy atom. The van der Waals surface area contributed by atoms with Crippen LogP contribution in [0.2, 0.25) is 0 Å². The van der Waals surface area contributed by atoms with Crippen molar-refractivity contribution in [2.24, 2.45) is 0 Å². The zero-order chi connectivity index (χ0) is 24.4. The van der Waals surface area contributed by atoms with Gasteiger partial charge in [-0.05, 0) is 87.3 Å². The lowest BCUT2D eigenvalue weighted by Crippen LogP contribution is -2.29. The third-order valence-corrected chi connectivity index (χ3v) is 6.93. The smallest absolute Gasteiger partial charge is 0.231 e. The van der Waals surface area contributed by atoms with E-state index < -0.39 is 0 Å². The van der Waals surface area contributed by atoms with Crippen LogP contribution in [0.25, 0.3) is 32.3 Å². The fourth-order valence-corrected chi connectivity index (χ4v) is 5.36. The van der Waals surface area contributed by atoms with Gasteiger partial charge in [-0.2, -0.15) is 0 Å². The number of ether oxygens (including phenoxy) is 2. The monoisotopic (exact) mass is 475 g/mol. The van der Waals surface area contributed by atoms with E-state index in [1.807, 2.05) is 22.9 Å². The van der Waals surface area contributed by atoms with Crippen LogP contribution in [0.1, 0.15) is 38.2 Å². The van der Waals surface area contributed by atoms with Crippen LogP contribution < -0.4 is 14.8 Å². The molecule has 1 N–H and O–H groups in total. The molecule has 1 aliphatic rings. The summed E-state index contributed by atoms with van der Waals surface area (Å²) in [6, 6.07) is 25.2. The number of hydrogen-bond donors (Lipinski definition) is 1. The number of benzene rings is 5. The topological polar surface area (TPSA) is 74.1 Å². The number of fused-ring (bicyclic) bond motifs is 1. The Hall–Kier alpha value is -4.39. The molecule has 0 amide bonds. The van der Waals surface area contributed by atoms with Crippen LogP contribution in [-0.4, -0.2) is 27.0 Å². The normalized spacial score (nSPS) is 14.2. The Kier molecular flexibility index (Phi) is 4.39. The summed E-state index contributed by atoms with van der Waals surface area (Å²) in [6.45, 7) is 6.52. The quantitative estimate of drug-likeness (QED) is 0.304. The largest absolute Gasteiger partial charge is 0.454 e. The first-order valence-corrected chi connectivity index (χ1v) is 12.1. The summed E-state index contributed by atoms with van der Waals surface area (Å²) >= 11 is 0. The number of tetrazole rings is 1. The molecule has 36 heavy (non-hydrogen) atoms. The van der Waals surface area contributed by atoms with Gasteiger partial charge in [0.2, 0.25) is 6.79 Å². The second-order valence-corrected chi connectivity index (χ2v) is 10.3. The van der Waals surface area contributed by atoms with Gasteiger partial charge >= 0.3 is 0 Å². The summed E-state index contributed by atoms with van der Waals surface area (Å²) in [4.78, 5) is 0. The van der Waals surface area contributed by atoms with Gasteiger partial charge in [0, 0.05) is 0 Å². The SMILES string of the molecule is CC(C)(C)n1nnnc1C(Nc1cccc2c1OCO2)c1cc2cccc3ccc4cccc1c4c32. The van der Waals surface area contributed by atoms with Crippen LogP contribution in [0, 0.1) is 0 Å². The highest BCUT2D eigenvalue weighted by molar-refractivity contribution is 6.23. The van der Waals surface area contributed by atoms with Gasteiger partial charge in [0.1, 0.15) is 6.04 Å². The van der Waals surface area contributed by atoms with E-state index in [0.29, 0.717) is 5.75 Å². The van der Waals surface area contributed by atoms with Crippen LogP contribution in [0.3, 0.4) is 0 Å². The molecule has 0 aliphatic carbocycles. The summed E-state index contributed by atoms with van der Waals surface area (Å²) in [5, 5.41) is 24.1. The van der Waals surface area contributed by atoms with Crippen molar-refractivity contribution in [3.8, 4) is 11.5 Å². The van der Waals surface area contributed by atoms with Crippen LogP contribution in [0.5, 0.6) is 11.5 Å². The number of para-hydroxylation sites is 1.